The number of hydrogen-bond donors (Lipinski definition) is 0. The fraction of sp³-hybridized carbons (Fsp3) is 0.316. The summed E-state index contributed by atoms with van der Waals surface area (Å²) in [7, 11) is 3.22. The molecule has 0 fully saturated rings. The normalized spacial score (nSPS) is 10.3. The number of amides is 1. The van der Waals surface area contributed by atoms with E-state index in [1.165, 1.54) is 0 Å². The standard InChI is InChI=1S/C19H23NO3S/c1-4-20(19(21)14-24-16-8-6-5-7-9-16)13-15-10-11-17(22-2)18(12-15)23-3/h5-12H,4,13-14H2,1-3H3. The fourth-order valence-corrected chi connectivity index (χ4v) is 3.15. The Bertz CT molecular complexity index is 661. The van der Waals surface area contributed by atoms with E-state index < -0.39 is 0 Å². The lowest BCUT2D eigenvalue weighted by molar-refractivity contribution is -0.128. The Kier molecular flexibility index (Phi) is 7.00. The van der Waals surface area contributed by atoms with Crippen molar-refractivity contribution in [2.45, 2.75) is 18.4 Å². The summed E-state index contributed by atoms with van der Waals surface area (Å²) in [6.07, 6.45) is 0. The van der Waals surface area contributed by atoms with Gasteiger partial charge in [-0.1, -0.05) is 24.3 Å². The Labute approximate surface area is 147 Å². The number of thioether (sulfide) groups is 1. The number of ether oxygens (including phenoxy) is 2. The second-order valence-electron chi connectivity index (χ2n) is 5.20. The van der Waals surface area contributed by atoms with Crippen LogP contribution in [0.2, 0.25) is 0 Å². The zero-order valence-corrected chi connectivity index (χ0v) is 15.1. The van der Waals surface area contributed by atoms with E-state index in [2.05, 4.69) is 0 Å². The lowest BCUT2D eigenvalue weighted by Crippen LogP contribution is -2.31. The number of carbonyl (C=O) groups excluding carboxylic acids is 1. The van der Waals surface area contributed by atoms with Gasteiger partial charge in [0.2, 0.25) is 5.91 Å². The largest absolute Gasteiger partial charge is 0.493 e. The van der Waals surface area contributed by atoms with E-state index in [0.717, 1.165) is 10.5 Å². The fourth-order valence-electron chi connectivity index (χ4n) is 2.33. The van der Waals surface area contributed by atoms with Crippen molar-refractivity contribution < 1.29 is 14.3 Å². The van der Waals surface area contributed by atoms with Crippen molar-refractivity contribution in [3.8, 4) is 11.5 Å². The van der Waals surface area contributed by atoms with Crippen molar-refractivity contribution in [3.05, 3.63) is 54.1 Å². The highest BCUT2D eigenvalue weighted by atomic mass is 32.2. The van der Waals surface area contributed by atoms with Crippen LogP contribution in [0.3, 0.4) is 0 Å². The summed E-state index contributed by atoms with van der Waals surface area (Å²) in [4.78, 5) is 15.4. The van der Waals surface area contributed by atoms with Gasteiger partial charge in [-0.15, -0.1) is 11.8 Å². The molecule has 0 aliphatic carbocycles. The van der Waals surface area contributed by atoms with E-state index >= 15 is 0 Å². The van der Waals surface area contributed by atoms with E-state index in [1.807, 2.05) is 60.4 Å². The predicted octanol–water partition coefficient (Wildman–Crippen LogP) is 3.84. The molecule has 2 aromatic carbocycles. The minimum absolute atomic E-state index is 0.126. The molecule has 0 heterocycles. The lowest BCUT2D eigenvalue weighted by atomic mass is 10.2. The summed E-state index contributed by atoms with van der Waals surface area (Å²) in [6.45, 7) is 3.22. The third-order valence-corrected chi connectivity index (χ3v) is 4.66. The van der Waals surface area contributed by atoms with E-state index in [1.54, 1.807) is 26.0 Å². The van der Waals surface area contributed by atoms with Crippen LogP contribution in [0.25, 0.3) is 0 Å². The minimum Gasteiger partial charge on any atom is -0.493 e. The molecule has 0 saturated heterocycles. The number of rotatable bonds is 8. The maximum Gasteiger partial charge on any atom is 0.233 e. The van der Waals surface area contributed by atoms with E-state index in [4.69, 9.17) is 9.47 Å². The van der Waals surface area contributed by atoms with Gasteiger partial charge in [0, 0.05) is 18.0 Å². The molecule has 0 spiro atoms. The first kappa shape index (κ1) is 18.2. The zero-order valence-electron chi connectivity index (χ0n) is 14.3. The van der Waals surface area contributed by atoms with Crippen LogP contribution in [0.15, 0.2) is 53.4 Å². The molecule has 0 unspecified atom stereocenters. The summed E-state index contributed by atoms with van der Waals surface area (Å²) in [5.41, 5.74) is 1.02. The summed E-state index contributed by atoms with van der Waals surface area (Å²) in [5.74, 6) is 1.93. The van der Waals surface area contributed by atoms with Gasteiger partial charge in [0.05, 0.1) is 20.0 Å². The molecule has 2 aromatic rings. The molecule has 2 rings (SSSR count). The van der Waals surface area contributed by atoms with Crippen LogP contribution in [-0.2, 0) is 11.3 Å². The molecule has 24 heavy (non-hydrogen) atoms. The van der Waals surface area contributed by atoms with Crippen molar-refractivity contribution in [1.29, 1.82) is 0 Å². The molecule has 0 aliphatic heterocycles. The molecule has 128 valence electrons. The summed E-state index contributed by atoms with van der Waals surface area (Å²) in [6, 6.07) is 15.7. The summed E-state index contributed by atoms with van der Waals surface area (Å²) >= 11 is 1.56. The zero-order chi connectivity index (χ0) is 17.4. The highest BCUT2D eigenvalue weighted by Gasteiger charge is 2.14. The SMILES string of the molecule is CCN(Cc1ccc(OC)c(OC)c1)C(=O)CSc1ccccc1. The first-order chi connectivity index (χ1) is 11.7. The molecule has 0 aromatic heterocycles. The van der Waals surface area contributed by atoms with Crippen LogP contribution in [0.1, 0.15) is 12.5 Å². The summed E-state index contributed by atoms with van der Waals surface area (Å²) < 4.78 is 10.6. The number of nitrogens with zero attached hydrogens (tertiary/aromatic N) is 1. The predicted molar refractivity (Wildman–Crippen MR) is 97.8 cm³/mol. The molecular formula is C19H23NO3S. The van der Waals surface area contributed by atoms with Crippen molar-refractivity contribution >= 4 is 17.7 Å². The molecule has 0 aliphatic rings. The maximum absolute atomic E-state index is 12.5. The second-order valence-corrected chi connectivity index (χ2v) is 6.25. The van der Waals surface area contributed by atoms with Crippen LogP contribution in [0.4, 0.5) is 0 Å². The van der Waals surface area contributed by atoms with Crippen LogP contribution in [0, 0.1) is 0 Å². The molecule has 1 amide bonds. The molecule has 0 atom stereocenters. The quantitative estimate of drug-likeness (QED) is 0.681. The van der Waals surface area contributed by atoms with Gasteiger partial charge in [-0.3, -0.25) is 4.79 Å². The Morgan fingerprint density at radius 3 is 2.38 bits per heavy atom. The molecule has 0 bridgehead atoms. The van der Waals surface area contributed by atoms with Crippen molar-refractivity contribution in [2.24, 2.45) is 0 Å². The van der Waals surface area contributed by atoms with Crippen LogP contribution < -0.4 is 9.47 Å². The van der Waals surface area contributed by atoms with Gasteiger partial charge in [-0.2, -0.15) is 0 Å². The minimum atomic E-state index is 0.126. The van der Waals surface area contributed by atoms with Gasteiger partial charge in [0.15, 0.2) is 11.5 Å². The van der Waals surface area contributed by atoms with Crippen molar-refractivity contribution in [1.82, 2.24) is 4.90 Å². The molecular weight excluding hydrogens is 322 g/mol. The number of carbonyl (C=O) groups is 1. The molecule has 0 saturated carbocycles. The highest BCUT2D eigenvalue weighted by molar-refractivity contribution is 8.00. The second kappa shape index (κ2) is 9.23. The first-order valence-corrected chi connectivity index (χ1v) is 8.83. The van der Waals surface area contributed by atoms with Crippen LogP contribution in [-0.4, -0.2) is 37.3 Å². The van der Waals surface area contributed by atoms with Crippen LogP contribution in [0.5, 0.6) is 11.5 Å². The molecule has 0 N–H and O–H groups in total. The van der Waals surface area contributed by atoms with Gasteiger partial charge >= 0.3 is 0 Å². The maximum atomic E-state index is 12.5. The Morgan fingerprint density at radius 2 is 1.75 bits per heavy atom. The van der Waals surface area contributed by atoms with Gasteiger partial charge in [-0.25, -0.2) is 0 Å². The number of hydrogen-bond acceptors (Lipinski definition) is 4. The van der Waals surface area contributed by atoms with E-state index in [9.17, 15) is 4.79 Å². The van der Waals surface area contributed by atoms with E-state index in [0.29, 0.717) is 30.3 Å². The number of benzene rings is 2. The topological polar surface area (TPSA) is 38.8 Å². The Hall–Kier alpha value is -2.14. The lowest BCUT2D eigenvalue weighted by Gasteiger charge is -2.21. The van der Waals surface area contributed by atoms with Gasteiger partial charge in [0.25, 0.3) is 0 Å². The van der Waals surface area contributed by atoms with Gasteiger partial charge in [0.1, 0.15) is 0 Å². The molecule has 5 heteroatoms. The number of methoxy groups -OCH3 is 2. The average Bonchev–Trinajstić information content (AvgIpc) is 2.64. The third kappa shape index (κ3) is 4.93. The van der Waals surface area contributed by atoms with Crippen molar-refractivity contribution in [3.63, 3.8) is 0 Å². The van der Waals surface area contributed by atoms with E-state index in [-0.39, 0.29) is 5.91 Å². The first-order valence-electron chi connectivity index (χ1n) is 7.84. The molecule has 4 nitrogen and oxygen atoms in total. The monoisotopic (exact) mass is 345 g/mol. The van der Waals surface area contributed by atoms with Crippen LogP contribution >= 0.6 is 11.8 Å². The highest BCUT2D eigenvalue weighted by Crippen LogP contribution is 2.28. The Morgan fingerprint density at radius 1 is 1.04 bits per heavy atom. The smallest absolute Gasteiger partial charge is 0.233 e. The average molecular weight is 345 g/mol. The van der Waals surface area contributed by atoms with Crippen molar-refractivity contribution in [2.75, 3.05) is 26.5 Å². The Balaban J connectivity index is 1.99. The molecule has 0 radical (unpaired) electrons. The van der Waals surface area contributed by atoms with Gasteiger partial charge < -0.3 is 14.4 Å². The third-order valence-electron chi connectivity index (χ3n) is 3.66. The van der Waals surface area contributed by atoms with Gasteiger partial charge in [-0.05, 0) is 36.8 Å². The summed E-state index contributed by atoms with van der Waals surface area (Å²) in [5, 5.41) is 0.